The second-order valence-corrected chi connectivity index (χ2v) is 2.05. The molecule has 0 spiro atoms. The van der Waals surface area contributed by atoms with Crippen LogP contribution in [0.15, 0.2) is 24.8 Å². The van der Waals surface area contributed by atoms with E-state index in [0.717, 1.165) is 5.57 Å². The van der Waals surface area contributed by atoms with Crippen LogP contribution in [0.25, 0.3) is 0 Å². The molecule has 0 aromatic carbocycles. The molecule has 0 aromatic heterocycles. The van der Waals surface area contributed by atoms with Gasteiger partial charge in [0.2, 0.25) is 0 Å². The molecule has 0 bridgehead atoms. The fraction of sp³-hybridized carbons (Fsp3) is 0.500. The Labute approximate surface area is 68.2 Å². The molecule has 1 heteroatoms. The maximum absolute atomic E-state index is 3.56. The molecule has 0 saturated carbocycles. The molecule has 0 heterocycles. The van der Waals surface area contributed by atoms with E-state index in [-0.39, 0.29) is 0 Å². The van der Waals surface area contributed by atoms with Crippen LogP contribution in [0.3, 0.4) is 0 Å². The van der Waals surface area contributed by atoms with Gasteiger partial charge in [0.1, 0.15) is 0 Å². The van der Waals surface area contributed by atoms with Gasteiger partial charge in [-0.3, -0.25) is 0 Å². The Morgan fingerprint density at radius 2 is 1.89 bits per heavy atom. The summed E-state index contributed by atoms with van der Waals surface area (Å²) in [7, 11) is 0. The molecule has 0 amide bonds. The molecule has 0 aromatic rings. The molecule has 0 fully saturated rings. The maximum atomic E-state index is 3.56. The Balaban J connectivity index is 0. The van der Waals surface area contributed by atoms with Crippen molar-refractivity contribution in [1.82, 2.24) is 0 Å². The van der Waals surface area contributed by atoms with E-state index in [1.165, 1.54) is 11.5 Å². The Morgan fingerprint density at radius 1 is 1.67 bits per heavy atom. The van der Waals surface area contributed by atoms with Crippen molar-refractivity contribution in [2.75, 3.05) is 0 Å². The first-order valence-electron chi connectivity index (χ1n) is 3.46. The van der Waals surface area contributed by atoms with Crippen molar-refractivity contribution in [3.8, 4) is 0 Å². The van der Waals surface area contributed by atoms with Crippen molar-refractivity contribution < 1.29 is 0 Å². The van der Waals surface area contributed by atoms with Crippen LogP contribution in [0.1, 0.15) is 20.3 Å². The van der Waals surface area contributed by atoms with Gasteiger partial charge < -0.3 is 0 Å². The van der Waals surface area contributed by atoms with Crippen LogP contribution in [0.2, 0.25) is 5.09 Å². The van der Waals surface area contributed by atoms with Crippen molar-refractivity contribution in [3.63, 3.8) is 0 Å². The minimum atomic E-state index is 1.02. The molecular weight excluding hydrogens is 103 g/mol. The molecule has 0 nitrogen and oxygen atoms in total. The predicted octanol–water partition coefficient (Wildman–Crippen LogP) is 2.73. The summed E-state index contributed by atoms with van der Waals surface area (Å²) in [6, 6.07) is 0. The van der Waals surface area contributed by atoms with Crippen molar-refractivity contribution in [1.29, 1.82) is 0 Å². The fourth-order valence-electron chi connectivity index (χ4n) is 0. The van der Waals surface area contributed by atoms with Gasteiger partial charge in [-0.15, -0.1) is 0 Å². The van der Waals surface area contributed by atoms with E-state index in [0.29, 0.717) is 0 Å². The molecule has 0 aliphatic heterocycles. The summed E-state index contributed by atoms with van der Waals surface area (Å²) < 4.78 is 0. The summed E-state index contributed by atoms with van der Waals surface area (Å²) in [5, 5.41) is 1.32. The van der Waals surface area contributed by atoms with Gasteiger partial charge in [0, 0.05) is 0 Å². The van der Waals surface area contributed by atoms with E-state index < -0.39 is 0 Å². The van der Waals surface area contributed by atoms with E-state index >= 15 is 0 Å². The average molecular weight is 118 g/mol. The monoisotopic (exact) mass is 118 g/mol. The first kappa shape index (κ1) is 11.8. The second kappa shape index (κ2) is 11.0. The normalized spacial score (nSPS) is 7.11. The van der Waals surface area contributed by atoms with Crippen molar-refractivity contribution in [3.05, 3.63) is 24.8 Å². The summed E-state index contributed by atoms with van der Waals surface area (Å²) in [5.74, 6) is 0. The minimum absolute atomic E-state index is 1.02. The van der Waals surface area contributed by atoms with Crippen LogP contribution < -0.4 is 0 Å². The molecule has 0 unspecified atom stereocenters. The summed E-state index contributed by atoms with van der Waals surface area (Å²) >= 11 is 2.18. The number of rotatable bonds is 2. The summed E-state index contributed by atoms with van der Waals surface area (Å²) in [6.07, 6.45) is 3.04. The molecule has 0 N–H and O–H groups in total. The van der Waals surface area contributed by atoms with E-state index in [1.54, 1.807) is 6.08 Å². The van der Waals surface area contributed by atoms with E-state index in [1.807, 2.05) is 6.92 Å². The van der Waals surface area contributed by atoms with Gasteiger partial charge in [-0.2, -0.15) is 0 Å². The van der Waals surface area contributed by atoms with Gasteiger partial charge in [-0.25, -0.2) is 0 Å². The van der Waals surface area contributed by atoms with Gasteiger partial charge in [0.05, 0.1) is 0 Å². The molecule has 0 aliphatic carbocycles. The van der Waals surface area contributed by atoms with Crippen LogP contribution in [-0.2, 0) is 0 Å². The quantitative estimate of drug-likeness (QED) is 0.386. The zero-order valence-corrected chi connectivity index (χ0v) is 6.91. The Hall–Kier alpha value is 0.0774. The SMILES string of the molecule is C=CC(=C)C.[Li][CH2]CC. The fourth-order valence-corrected chi connectivity index (χ4v) is 0. The Kier molecular flexibility index (Phi) is 14.4. The second-order valence-electron chi connectivity index (χ2n) is 2.05. The summed E-state index contributed by atoms with van der Waals surface area (Å²) in [6.45, 7) is 11.1. The molecule has 0 atom stereocenters. The number of hydrogen-bond donors (Lipinski definition) is 0. The molecular formula is C8H15Li. The van der Waals surface area contributed by atoms with Gasteiger partial charge >= 0.3 is 36.2 Å². The Bertz CT molecular complexity index is 72.6. The summed E-state index contributed by atoms with van der Waals surface area (Å²) in [5.41, 5.74) is 1.02. The van der Waals surface area contributed by atoms with Crippen LogP contribution in [-0.4, -0.2) is 17.7 Å². The van der Waals surface area contributed by atoms with Crippen molar-refractivity contribution in [2.45, 2.75) is 25.4 Å². The molecule has 0 aliphatic rings. The molecule has 0 radical (unpaired) electrons. The number of hydrogen-bond acceptors (Lipinski definition) is 0. The first-order valence-corrected chi connectivity index (χ1v) is 3.46. The average Bonchev–Trinajstić information content (AvgIpc) is 1.89. The van der Waals surface area contributed by atoms with Crippen LogP contribution in [0, 0.1) is 0 Å². The van der Waals surface area contributed by atoms with E-state index in [4.69, 9.17) is 0 Å². The van der Waals surface area contributed by atoms with Gasteiger partial charge in [0.15, 0.2) is 0 Å². The summed E-state index contributed by atoms with van der Waals surface area (Å²) in [4.78, 5) is 0. The van der Waals surface area contributed by atoms with E-state index in [9.17, 15) is 0 Å². The van der Waals surface area contributed by atoms with Crippen molar-refractivity contribution >= 4 is 17.7 Å². The molecule has 48 valence electrons. The molecule has 0 rings (SSSR count). The third kappa shape index (κ3) is 31.5. The molecule has 0 saturated heterocycles. The topological polar surface area (TPSA) is 0 Å². The zero-order valence-electron chi connectivity index (χ0n) is 6.91. The van der Waals surface area contributed by atoms with Crippen LogP contribution >= 0.6 is 0 Å². The van der Waals surface area contributed by atoms with E-state index in [2.05, 4.69) is 37.8 Å². The predicted molar refractivity (Wildman–Crippen MR) is 45.9 cm³/mol. The van der Waals surface area contributed by atoms with Crippen LogP contribution in [0.4, 0.5) is 0 Å². The van der Waals surface area contributed by atoms with Gasteiger partial charge in [-0.05, 0) is 6.92 Å². The third-order valence-electron chi connectivity index (χ3n) is 0.848. The first-order chi connectivity index (χ1) is 4.18. The number of allylic oxidation sites excluding steroid dienone is 2. The zero-order chi connectivity index (χ0) is 7.70. The Morgan fingerprint density at radius 3 is 1.89 bits per heavy atom. The van der Waals surface area contributed by atoms with Gasteiger partial charge in [-0.1, -0.05) is 24.8 Å². The van der Waals surface area contributed by atoms with Gasteiger partial charge in [0.25, 0.3) is 0 Å². The standard InChI is InChI=1S/C5H8.C3H7.Li/c1-4-5(2)3;1-3-2;/h4H,1-2H2,3H3;1,3H2,2H3;. The molecule has 9 heavy (non-hydrogen) atoms. The van der Waals surface area contributed by atoms with Crippen molar-refractivity contribution in [2.24, 2.45) is 0 Å². The van der Waals surface area contributed by atoms with Crippen LogP contribution in [0.5, 0.6) is 0 Å². The third-order valence-corrected chi connectivity index (χ3v) is 0.848.